The SMILES string of the molecule is COc1ccc(NC(=O)CSc2nnc3[nH]c(=O)c(-c4ccccc4)nn23)cc1. The number of ether oxygens (including phenoxy) is 1. The van der Waals surface area contributed by atoms with E-state index in [2.05, 4.69) is 25.6 Å². The zero-order valence-electron chi connectivity index (χ0n) is 15.3. The van der Waals surface area contributed by atoms with Gasteiger partial charge in [-0.1, -0.05) is 42.1 Å². The van der Waals surface area contributed by atoms with Crippen molar-refractivity contribution >= 4 is 29.1 Å². The van der Waals surface area contributed by atoms with Gasteiger partial charge in [0.15, 0.2) is 5.69 Å². The second-order valence-corrected chi connectivity index (χ2v) is 6.89. The Morgan fingerprint density at radius 2 is 1.90 bits per heavy atom. The van der Waals surface area contributed by atoms with Gasteiger partial charge in [0, 0.05) is 11.3 Å². The first-order valence-corrected chi connectivity index (χ1v) is 9.60. The number of nitrogens with one attached hydrogen (secondary N) is 2. The Hall–Kier alpha value is -3.66. The van der Waals surface area contributed by atoms with Crippen LogP contribution in [-0.4, -0.2) is 43.6 Å². The number of hydrogen-bond donors (Lipinski definition) is 2. The zero-order chi connectivity index (χ0) is 20.2. The van der Waals surface area contributed by atoms with Gasteiger partial charge < -0.3 is 10.1 Å². The number of carbonyl (C=O) groups is 1. The van der Waals surface area contributed by atoms with Crippen LogP contribution in [0.4, 0.5) is 5.69 Å². The molecule has 0 atom stereocenters. The quantitative estimate of drug-likeness (QED) is 0.470. The molecule has 0 fully saturated rings. The van der Waals surface area contributed by atoms with E-state index >= 15 is 0 Å². The fraction of sp³-hybridized carbons (Fsp3) is 0.105. The van der Waals surface area contributed by atoms with Crippen LogP contribution in [0.15, 0.2) is 64.5 Å². The van der Waals surface area contributed by atoms with Gasteiger partial charge in [-0.25, -0.2) is 0 Å². The van der Waals surface area contributed by atoms with Crippen molar-refractivity contribution in [3.8, 4) is 17.0 Å². The number of nitrogens with zero attached hydrogens (tertiary/aromatic N) is 4. The topological polar surface area (TPSA) is 114 Å². The summed E-state index contributed by atoms with van der Waals surface area (Å²) in [5, 5.41) is 15.5. The lowest BCUT2D eigenvalue weighted by molar-refractivity contribution is -0.113. The predicted molar refractivity (Wildman–Crippen MR) is 109 cm³/mol. The molecule has 0 spiro atoms. The van der Waals surface area contributed by atoms with Crippen LogP contribution in [0.5, 0.6) is 5.75 Å². The number of thioether (sulfide) groups is 1. The minimum Gasteiger partial charge on any atom is -0.497 e. The van der Waals surface area contributed by atoms with Gasteiger partial charge in [-0.3, -0.25) is 14.6 Å². The minimum atomic E-state index is -0.357. The molecular formula is C19H16N6O3S. The number of anilines is 1. The smallest absolute Gasteiger partial charge is 0.279 e. The van der Waals surface area contributed by atoms with Crippen LogP contribution in [0.25, 0.3) is 17.0 Å². The highest BCUT2D eigenvalue weighted by atomic mass is 32.2. The molecule has 4 aromatic rings. The minimum absolute atomic E-state index is 0.105. The summed E-state index contributed by atoms with van der Waals surface area (Å²) in [4.78, 5) is 27.2. The highest BCUT2D eigenvalue weighted by molar-refractivity contribution is 7.99. The van der Waals surface area contributed by atoms with Crippen LogP contribution in [0.3, 0.4) is 0 Å². The summed E-state index contributed by atoms with van der Waals surface area (Å²) in [6.07, 6.45) is 0. The summed E-state index contributed by atoms with van der Waals surface area (Å²) >= 11 is 1.17. The molecule has 9 nitrogen and oxygen atoms in total. The number of H-pyrrole nitrogens is 1. The molecule has 0 unspecified atom stereocenters. The summed E-state index contributed by atoms with van der Waals surface area (Å²) < 4.78 is 6.52. The van der Waals surface area contributed by atoms with Gasteiger partial charge in [-0.05, 0) is 24.3 Å². The lowest BCUT2D eigenvalue weighted by Gasteiger charge is -2.06. The Morgan fingerprint density at radius 3 is 2.62 bits per heavy atom. The van der Waals surface area contributed by atoms with Gasteiger partial charge in [-0.2, -0.15) is 9.61 Å². The van der Waals surface area contributed by atoms with E-state index < -0.39 is 0 Å². The van der Waals surface area contributed by atoms with Crippen molar-refractivity contribution in [3.63, 3.8) is 0 Å². The zero-order valence-corrected chi connectivity index (χ0v) is 16.1. The molecule has 0 saturated carbocycles. The standard InChI is InChI=1S/C19H16N6O3S/c1-28-14-9-7-13(8-10-14)20-15(26)11-29-19-23-22-18-21-17(27)16(24-25(18)19)12-5-3-2-4-6-12/h2-10H,11H2,1H3,(H,20,26)(H,21,22,27). The third kappa shape index (κ3) is 4.11. The van der Waals surface area contributed by atoms with E-state index in [-0.39, 0.29) is 28.7 Å². The van der Waals surface area contributed by atoms with Gasteiger partial charge in [0.2, 0.25) is 11.1 Å². The maximum atomic E-state index is 12.3. The van der Waals surface area contributed by atoms with Gasteiger partial charge >= 0.3 is 0 Å². The average molecular weight is 408 g/mol. The van der Waals surface area contributed by atoms with Crippen molar-refractivity contribution < 1.29 is 9.53 Å². The third-order valence-electron chi connectivity index (χ3n) is 4.01. The number of benzene rings is 2. The molecule has 0 aliphatic rings. The van der Waals surface area contributed by atoms with Crippen molar-refractivity contribution in [2.45, 2.75) is 5.16 Å². The molecule has 0 saturated heterocycles. The maximum Gasteiger partial charge on any atom is 0.279 e. The summed E-state index contributed by atoms with van der Waals surface area (Å²) in [5.41, 5.74) is 1.24. The predicted octanol–water partition coefficient (Wildman–Crippen LogP) is 2.22. The Labute approximate surface area is 169 Å². The van der Waals surface area contributed by atoms with Crippen molar-refractivity contribution in [1.29, 1.82) is 0 Å². The lowest BCUT2D eigenvalue weighted by atomic mass is 10.2. The van der Waals surface area contributed by atoms with E-state index in [1.807, 2.05) is 18.2 Å². The van der Waals surface area contributed by atoms with E-state index in [1.54, 1.807) is 43.5 Å². The van der Waals surface area contributed by atoms with E-state index in [4.69, 9.17) is 4.74 Å². The molecule has 2 aromatic carbocycles. The van der Waals surface area contributed by atoms with Crippen LogP contribution in [-0.2, 0) is 4.79 Å². The van der Waals surface area contributed by atoms with E-state index in [1.165, 1.54) is 16.3 Å². The van der Waals surface area contributed by atoms with E-state index in [0.717, 1.165) is 0 Å². The molecule has 10 heteroatoms. The van der Waals surface area contributed by atoms with Crippen LogP contribution >= 0.6 is 11.8 Å². The third-order valence-corrected chi connectivity index (χ3v) is 4.93. The molecule has 0 bridgehead atoms. The Balaban J connectivity index is 1.50. The van der Waals surface area contributed by atoms with Gasteiger partial charge in [0.1, 0.15) is 5.75 Å². The number of rotatable bonds is 6. The number of carbonyl (C=O) groups excluding carboxylic acids is 1. The van der Waals surface area contributed by atoms with Crippen molar-refractivity contribution in [1.82, 2.24) is 24.8 Å². The van der Waals surface area contributed by atoms with Crippen molar-refractivity contribution in [3.05, 3.63) is 65.0 Å². The summed E-state index contributed by atoms with van der Waals surface area (Å²) in [6, 6.07) is 16.1. The van der Waals surface area contributed by atoms with E-state index in [0.29, 0.717) is 22.2 Å². The lowest BCUT2D eigenvalue weighted by Crippen LogP contribution is -2.16. The molecular weight excluding hydrogens is 392 g/mol. The van der Waals surface area contributed by atoms with Crippen molar-refractivity contribution in [2.75, 3.05) is 18.2 Å². The normalized spacial score (nSPS) is 10.8. The average Bonchev–Trinajstić information content (AvgIpc) is 3.14. The summed E-state index contributed by atoms with van der Waals surface area (Å²) in [7, 11) is 1.58. The first-order valence-electron chi connectivity index (χ1n) is 8.62. The maximum absolute atomic E-state index is 12.3. The molecule has 146 valence electrons. The van der Waals surface area contributed by atoms with Crippen LogP contribution in [0.2, 0.25) is 0 Å². The number of hydrogen-bond acceptors (Lipinski definition) is 7. The summed E-state index contributed by atoms with van der Waals surface area (Å²) in [5.74, 6) is 0.827. The second-order valence-electron chi connectivity index (χ2n) is 5.95. The van der Waals surface area contributed by atoms with Gasteiger partial charge in [0.05, 0.1) is 12.9 Å². The fourth-order valence-corrected chi connectivity index (χ4v) is 3.30. The molecule has 2 N–H and O–H groups in total. The van der Waals surface area contributed by atoms with E-state index in [9.17, 15) is 9.59 Å². The number of amides is 1. The Morgan fingerprint density at radius 1 is 1.14 bits per heavy atom. The first kappa shape index (κ1) is 18.7. The van der Waals surface area contributed by atoms with Crippen LogP contribution in [0, 0.1) is 0 Å². The molecule has 0 aliphatic heterocycles. The highest BCUT2D eigenvalue weighted by Gasteiger charge is 2.14. The number of aromatic amines is 1. The molecule has 0 aliphatic carbocycles. The molecule has 2 aromatic heterocycles. The Bertz CT molecular complexity index is 1200. The largest absolute Gasteiger partial charge is 0.497 e. The molecule has 2 heterocycles. The Kier molecular flexibility index (Phi) is 5.25. The second kappa shape index (κ2) is 8.15. The molecule has 4 rings (SSSR count). The number of aromatic nitrogens is 5. The fourth-order valence-electron chi connectivity index (χ4n) is 2.62. The monoisotopic (exact) mass is 408 g/mol. The number of methoxy groups -OCH3 is 1. The number of fused-ring (bicyclic) bond motifs is 1. The van der Waals surface area contributed by atoms with Gasteiger partial charge in [-0.15, -0.1) is 10.2 Å². The molecule has 0 radical (unpaired) electrons. The van der Waals surface area contributed by atoms with Crippen LogP contribution < -0.4 is 15.6 Å². The molecule has 29 heavy (non-hydrogen) atoms. The summed E-state index contributed by atoms with van der Waals surface area (Å²) in [6.45, 7) is 0. The molecule has 1 amide bonds. The van der Waals surface area contributed by atoms with Crippen LogP contribution in [0.1, 0.15) is 0 Å². The highest BCUT2D eigenvalue weighted by Crippen LogP contribution is 2.19. The first-order chi connectivity index (χ1) is 14.1. The van der Waals surface area contributed by atoms with Crippen molar-refractivity contribution in [2.24, 2.45) is 0 Å². The van der Waals surface area contributed by atoms with Gasteiger partial charge in [0.25, 0.3) is 11.3 Å².